The van der Waals surface area contributed by atoms with Crippen molar-refractivity contribution in [3.05, 3.63) is 63.5 Å². The molecule has 0 spiro atoms. The number of carbonyl (C=O) groups excluding carboxylic acids is 1. The standard InChI is InChI=1S/C21H23N3O5S2/c1-14-9-15(2)12-23(11-14)31(27,28)18-5-3-16(4-6-18)20(26)29-13-17-10-19(25)24-7-8-30-21(24)22-17/h3-8,10,14-15H,9,11-13H2,1-2H3. The summed E-state index contributed by atoms with van der Waals surface area (Å²) in [6.07, 6.45) is 2.64. The molecule has 0 saturated carbocycles. The van der Waals surface area contributed by atoms with Crippen molar-refractivity contribution in [2.24, 2.45) is 11.8 Å². The molecule has 1 aliphatic rings. The third-order valence-electron chi connectivity index (χ3n) is 5.27. The number of sulfonamides is 1. The molecule has 164 valence electrons. The smallest absolute Gasteiger partial charge is 0.338 e. The highest BCUT2D eigenvalue weighted by molar-refractivity contribution is 7.89. The van der Waals surface area contributed by atoms with Crippen molar-refractivity contribution in [1.29, 1.82) is 0 Å². The number of hydrogen-bond donors (Lipinski definition) is 0. The van der Waals surface area contributed by atoms with Gasteiger partial charge in [-0.1, -0.05) is 13.8 Å². The van der Waals surface area contributed by atoms with E-state index >= 15 is 0 Å². The van der Waals surface area contributed by atoms with Gasteiger partial charge in [0.05, 0.1) is 16.2 Å². The van der Waals surface area contributed by atoms with Gasteiger partial charge in [0.25, 0.3) is 5.56 Å². The van der Waals surface area contributed by atoms with E-state index in [1.165, 1.54) is 50.4 Å². The van der Waals surface area contributed by atoms with Crippen LogP contribution in [-0.4, -0.2) is 41.2 Å². The van der Waals surface area contributed by atoms with Gasteiger partial charge in [-0.3, -0.25) is 9.20 Å². The minimum Gasteiger partial charge on any atom is -0.456 e. The van der Waals surface area contributed by atoms with E-state index in [-0.39, 0.29) is 22.6 Å². The zero-order valence-corrected chi connectivity index (χ0v) is 18.9. The molecule has 0 radical (unpaired) electrons. The first-order valence-electron chi connectivity index (χ1n) is 9.97. The topological polar surface area (TPSA) is 98.0 Å². The van der Waals surface area contributed by atoms with Crippen LogP contribution >= 0.6 is 11.3 Å². The van der Waals surface area contributed by atoms with Crippen LogP contribution in [0.15, 0.2) is 51.6 Å². The molecule has 2 atom stereocenters. The van der Waals surface area contributed by atoms with Gasteiger partial charge in [-0.2, -0.15) is 4.31 Å². The van der Waals surface area contributed by atoms with Crippen LogP contribution in [0.3, 0.4) is 0 Å². The van der Waals surface area contributed by atoms with Gasteiger partial charge in [0.15, 0.2) is 4.96 Å². The average Bonchev–Trinajstić information content (AvgIpc) is 3.21. The van der Waals surface area contributed by atoms with Gasteiger partial charge in [-0.15, -0.1) is 11.3 Å². The molecule has 0 amide bonds. The molecule has 0 N–H and O–H groups in total. The third kappa shape index (κ3) is 4.56. The van der Waals surface area contributed by atoms with Gasteiger partial charge in [-0.25, -0.2) is 18.2 Å². The summed E-state index contributed by atoms with van der Waals surface area (Å²) in [6, 6.07) is 7.06. The molecule has 1 fully saturated rings. The van der Waals surface area contributed by atoms with Gasteiger partial charge in [0.1, 0.15) is 6.61 Å². The van der Waals surface area contributed by atoms with Crippen molar-refractivity contribution < 1.29 is 17.9 Å². The predicted octanol–water partition coefficient (Wildman–Crippen LogP) is 2.78. The first-order valence-corrected chi connectivity index (χ1v) is 12.3. The first-order chi connectivity index (χ1) is 14.7. The number of fused-ring (bicyclic) bond motifs is 1. The van der Waals surface area contributed by atoms with E-state index in [0.717, 1.165) is 6.42 Å². The molecule has 8 nitrogen and oxygen atoms in total. The van der Waals surface area contributed by atoms with E-state index in [0.29, 0.717) is 35.6 Å². The van der Waals surface area contributed by atoms with Crippen molar-refractivity contribution in [3.8, 4) is 0 Å². The summed E-state index contributed by atoms with van der Waals surface area (Å²) >= 11 is 1.31. The van der Waals surface area contributed by atoms with Gasteiger partial charge in [0, 0.05) is 30.7 Å². The summed E-state index contributed by atoms with van der Waals surface area (Å²) in [4.78, 5) is 29.4. The van der Waals surface area contributed by atoms with E-state index in [1.807, 2.05) is 0 Å². The number of esters is 1. The Morgan fingerprint density at radius 3 is 2.55 bits per heavy atom. The van der Waals surface area contributed by atoms with Crippen molar-refractivity contribution in [2.45, 2.75) is 31.8 Å². The Labute approximate surface area is 184 Å². The maximum atomic E-state index is 13.0. The minimum absolute atomic E-state index is 0.147. The quantitative estimate of drug-likeness (QED) is 0.542. The largest absolute Gasteiger partial charge is 0.456 e. The van der Waals surface area contributed by atoms with E-state index in [1.54, 1.807) is 11.6 Å². The summed E-state index contributed by atoms with van der Waals surface area (Å²) in [7, 11) is -3.61. The van der Waals surface area contributed by atoms with Crippen LogP contribution in [0.1, 0.15) is 36.3 Å². The van der Waals surface area contributed by atoms with Crippen LogP contribution in [0, 0.1) is 11.8 Å². The summed E-state index contributed by atoms with van der Waals surface area (Å²) < 4.78 is 34.1. The molecule has 4 rings (SSSR count). The van der Waals surface area contributed by atoms with E-state index in [9.17, 15) is 18.0 Å². The Balaban J connectivity index is 1.44. The molecule has 0 bridgehead atoms. The van der Waals surface area contributed by atoms with Crippen LogP contribution in [-0.2, 0) is 21.4 Å². The van der Waals surface area contributed by atoms with Crippen LogP contribution in [0.5, 0.6) is 0 Å². The number of hydrogen-bond acceptors (Lipinski definition) is 7. The molecule has 3 heterocycles. The van der Waals surface area contributed by atoms with E-state index < -0.39 is 16.0 Å². The maximum absolute atomic E-state index is 13.0. The van der Waals surface area contributed by atoms with E-state index in [4.69, 9.17) is 4.74 Å². The predicted molar refractivity (Wildman–Crippen MR) is 117 cm³/mol. The number of rotatable bonds is 5. The normalized spacial score (nSPS) is 20.1. The molecule has 1 aromatic carbocycles. The Bertz CT molecular complexity index is 1250. The fourth-order valence-electron chi connectivity index (χ4n) is 3.90. The van der Waals surface area contributed by atoms with Gasteiger partial charge >= 0.3 is 5.97 Å². The fraction of sp³-hybridized carbons (Fsp3) is 0.381. The second kappa shape index (κ2) is 8.52. The molecule has 3 aromatic rings. The number of ether oxygens (including phenoxy) is 1. The lowest BCUT2D eigenvalue weighted by Crippen LogP contribution is -2.42. The zero-order valence-electron chi connectivity index (χ0n) is 17.2. The zero-order chi connectivity index (χ0) is 22.2. The summed E-state index contributed by atoms with van der Waals surface area (Å²) in [5, 5.41) is 1.75. The highest BCUT2D eigenvalue weighted by Crippen LogP contribution is 2.26. The van der Waals surface area contributed by atoms with Crippen LogP contribution in [0.2, 0.25) is 0 Å². The summed E-state index contributed by atoms with van der Waals surface area (Å²) in [6.45, 7) is 4.95. The highest BCUT2D eigenvalue weighted by atomic mass is 32.2. The Morgan fingerprint density at radius 2 is 1.87 bits per heavy atom. The second-order valence-corrected chi connectivity index (χ2v) is 10.8. The Hall–Kier alpha value is -2.56. The SMILES string of the molecule is CC1CC(C)CN(S(=O)(=O)c2ccc(C(=O)OCc3cc(=O)n4ccsc4n3)cc2)C1. The lowest BCUT2D eigenvalue weighted by molar-refractivity contribution is 0.0467. The number of nitrogens with zero attached hydrogens (tertiary/aromatic N) is 3. The number of aromatic nitrogens is 2. The van der Waals surface area contributed by atoms with Crippen molar-refractivity contribution >= 4 is 32.3 Å². The summed E-state index contributed by atoms with van der Waals surface area (Å²) in [5.41, 5.74) is 0.342. The Morgan fingerprint density at radius 1 is 1.19 bits per heavy atom. The molecule has 10 heteroatoms. The fourth-order valence-corrected chi connectivity index (χ4v) is 6.32. The molecule has 1 saturated heterocycles. The van der Waals surface area contributed by atoms with Crippen LogP contribution in [0.25, 0.3) is 4.96 Å². The highest BCUT2D eigenvalue weighted by Gasteiger charge is 2.31. The van der Waals surface area contributed by atoms with Gasteiger partial charge in [-0.05, 0) is 42.5 Å². The van der Waals surface area contributed by atoms with Crippen molar-refractivity contribution in [3.63, 3.8) is 0 Å². The lowest BCUT2D eigenvalue weighted by Gasteiger charge is -2.34. The summed E-state index contributed by atoms with van der Waals surface area (Å²) in [5.74, 6) is 0.00276. The number of benzene rings is 1. The minimum atomic E-state index is -3.61. The number of thiazole rings is 1. The molecule has 0 aliphatic carbocycles. The molecule has 31 heavy (non-hydrogen) atoms. The maximum Gasteiger partial charge on any atom is 0.338 e. The number of piperidine rings is 1. The van der Waals surface area contributed by atoms with Gasteiger partial charge in [0.2, 0.25) is 10.0 Å². The first kappa shape index (κ1) is 21.7. The van der Waals surface area contributed by atoms with E-state index in [2.05, 4.69) is 18.8 Å². The molecular weight excluding hydrogens is 438 g/mol. The number of carbonyl (C=O) groups is 1. The second-order valence-electron chi connectivity index (χ2n) is 8.01. The van der Waals surface area contributed by atoms with Crippen molar-refractivity contribution in [1.82, 2.24) is 13.7 Å². The molecular formula is C21H23N3O5S2. The Kier molecular flexibility index (Phi) is 5.96. The molecule has 2 unspecified atom stereocenters. The lowest BCUT2D eigenvalue weighted by atomic mass is 9.94. The van der Waals surface area contributed by atoms with Crippen molar-refractivity contribution in [2.75, 3.05) is 13.1 Å². The van der Waals surface area contributed by atoms with Gasteiger partial charge < -0.3 is 4.74 Å². The monoisotopic (exact) mass is 461 g/mol. The molecule has 1 aliphatic heterocycles. The average molecular weight is 462 g/mol. The third-order valence-corrected chi connectivity index (χ3v) is 7.87. The van der Waals surface area contributed by atoms with Crippen LogP contribution < -0.4 is 5.56 Å². The van der Waals surface area contributed by atoms with Crippen LogP contribution in [0.4, 0.5) is 0 Å². The molecule has 2 aromatic heterocycles.